The van der Waals surface area contributed by atoms with Crippen LogP contribution in [0.3, 0.4) is 0 Å². The van der Waals surface area contributed by atoms with Gasteiger partial charge in [0, 0.05) is 21.2 Å². The first-order valence-corrected chi connectivity index (χ1v) is 13.2. The number of carbonyl (C=O) groups is 3. The summed E-state index contributed by atoms with van der Waals surface area (Å²) in [6.45, 7) is 0. The van der Waals surface area contributed by atoms with Crippen LogP contribution >= 0.6 is 23.4 Å². The number of halogens is 2. The highest BCUT2D eigenvalue weighted by atomic mass is 35.5. The maximum atomic E-state index is 13.7. The number of para-hydroxylation sites is 1. The molecule has 0 heterocycles. The molecule has 3 N–H and O–H groups in total. The molecular weight excluding hydrogens is 537 g/mol. The lowest BCUT2D eigenvalue weighted by Crippen LogP contribution is -2.30. The van der Waals surface area contributed by atoms with Gasteiger partial charge in [0.1, 0.15) is 11.5 Å². The zero-order valence-electron chi connectivity index (χ0n) is 20.5. The van der Waals surface area contributed by atoms with E-state index in [1.165, 1.54) is 30.0 Å². The van der Waals surface area contributed by atoms with Crippen molar-refractivity contribution in [3.05, 3.63) is 131 Å². The van der Waals surface area contributed by atoms with Gasteiger partial charge in [-0.25, -0.2) is 4.39 Å². The maximum absolute atomic E-state index is 13.7. The van der Waals surface area contributed by atoms with Crippen LogP contribution in [0.2, 0.25) is 5.02 Å². The third-order valence-corrected chi connectivity index (χ3v) is 6.72. The molecule has 4 aromatic carbocycles. The van der Waals surface area contributed by atoms with Gasteiger partial charge in [0.25, 0.3) is 11.8 Å². The predicted octanol–water partition coefficient (Wildman–Crippen LogP) is 6.62. The zero-order chi connectivity index (χ0) is 27.6. The van der Waals surface area contributed by atoms with E-state index in [9.17, 15) is 18.8 Å². The second-order valence-electron chi connectivity index (χ2n) is 8.19. The van der Waals surface area contributed by atoms with E-state index >= 15 is 0 Å². The first-order valence-electron chi connectivity index (χ1n) is 11.8. The van der Waals surface area contributed by atoms with E-state index in [0.29, 0.717) is 21.8 Å². The minimum atomic E-state index is -0.538. The zero-order valence-corrected chi connectivity index (χ0v) is 22.1. The van der Waals surface area contributed by atoms with Gasteiger partial charge in [0.15, 0.2) is 0 Å². The number of benzene rings is 4. The van der Waals surface area contributed by atoms with Gasteiger partial charge in [-0.3, -0.25) is 14.4 Å². The van der Waals surface area contributed by atoms with Crippen LogP contribution in [0, 0.1) is 5.82 Å². The molecule has 0 spiro atoms. The summed E-state index contributed by atoms with van der Waals surface area (Å²) in [5, 5.41) is 8.42. The summed E-state index contributed by atoms with van der Waals surface area (Å²) in [5.74, 6) is -1.74. The molecule has 0 radical (unpaired) electrons. The second-order valence-corrected chi connectivity index (χ2v) is 9.65. The first kappa shape index (κ1) is 27.6. The average molecular weight is 560 g/mol. The molecule has 9 heteroatoms. The Morgan fingerprint density at radius 1 is 0.795 bits per heavy atom. The van der Waals surface area contributed by atoms with Gasteiger partial charge in [-0.2, -0.15) is 0 Å². The van der Waals surface area contributed by atoms with Crippen molar-refractivity contribution in [1.82, 2.24) is 5.32 Å². The van der Waals surface area contributed by atoms with E-state index in [1.807, 2.05) is 0 Å². The summed E-state index contributed by atoms with van der Waals surface area (Å²) in [6, 6.07) is 28.3. The van der Waals surface area contributed by atoms with Crippen LogP contribution in [0.25, 0.3) is 6.08 Å². The summed E-state index contributed by atoms with van der Waals surface area (Å²) in [4.78, 5) is 38.9. The monoisotopic (exact) mass is 559 g/mol. The fraction of sp³-hybridized carbons (Fsp3) is 0.0333. The van der Waals surface area contributed by atoms with Crippen LogP contribution in [-0.4, -0.2) is 23.5 Å². The topological polar surface area (TPSA) is 87.3 Å². The van der Waals surface area contributed by atoms with Crippen LogP contribution in [0.4, 0.5) is 15.8 Å². The van der Waals surface area contributed by atoms with Gasteiger partial charge in [0.05, 0.1) is 11.4 Å². The summed E-state index contributed by atoms with van der Waals surface area (Å²) >= 11 is 7.54. The van der Waals surface area contributed by atoms with Crippen molar-refractivity contribution in [2.24, 2.45) is 0 Å². The van der Waals surface area contributed by atoms with Crippen molar-refractivity contribution in [3.8, 4) is 0 Å². The van der Waals surface area contributed by atoms with Crippen LogP contribution in [0.5, 0.6) is 0 Å². The van der Waals surface area contributed by atoms with Crippen molar-refractivity contribution in [2.75, 3.05) is 16.4 Å². The summed E-state index contributed by atoms with van der Waals surface area (Å²) < 4.78 is 13.7. The molecule has 0 bridgehead atoms. The van der Waals surface area contributed by atoms with Crippen LogP contribution in [0.15, 0.2) is 114 Å². The van der Waals surface area contributed by atoms with E-state index in [-0.39, 0.29) is 23.0 Å². The summed E-state index contributed by atoms with van der Waals surface area (Å²) in [5.41, 5.74) is 1.59. The lowest BCUT2D eigenvalue weighted by Gasteiger charge is -2.12. The Morgan fingerprint density at radius 3 is 2.18 bits per heavy atom. The van der Waals surface area contributed by atoms with E-state index in [1.54, 1.807) is 91.0 Å². The van der Waals surface area contributed by atoms with Gasteiger partial charge in [-0.15, -0.1) is 11.8 Å². The Kier molecular flexibility index (Phi) is 9.50. The molecule has 0 fully saturated rings. The molecule has 0 atom stereocenters. The lowest BCUT2D eigenvalue weighted by molar-refractivity contribution is -0.114. The molecule has 0 aliphatic carbocycles. The minimum Gasteiger partial charge on any atom is -0.323 e. The number of hydrogen-bond acceptors (Lipinski definition) is 4. The Labute approximate surface area is 234 Å². The normalized spacial score (nSPS) is 11.0. The molecule has 0 saturated heterocycles. The molecular formula is C30H23ClFN3O3S. The van der Waals surface area contributed by atoms with Gasteiger partial charge in [-0.05, 0) is 66.2 Å². The van der Waals surface area contributed by atoms with Crippen molar-refractivity contribution in [1.29, 1.82) is 0 Å². The largest absolute Gasteiger partial charge is 0.323 e. The van der Waals surface area contributed by atoms with Gasteiger partial charge >= 0.3 is 0 Å². The summed E-state index contributed by atoms with van der Waals surface area (Å²) in [7, 11) is 0. The van der Waals surface area contributed by atoms with Gasteiger partial charge in [0.2, 0.25) is 5.91 Å². The highest BCUT2D eigenvalue weighted by Crippen LogP contribution is 2.22. The molecule has 4 rings (SSSR count). The Hall–Kier alpha value is -4.40. The molecule has 0 aromatic heterocycles. The van der Waals surface area contributed by atoms with Gasteiger partial charge < -0.3 is 16.0 Å². The fourth-order valence-electron chi connectivity index (χ4n) is 3.42. The Morgan fingerprint density at radius 2 is 1.46 bits per heavy atom. The number of amides is 3. The number of carbonyl (C=O) groups excluding carboxylic acids is 3. The van der Waals surface area contributed by atoms with Crippen molar-refractivity contribution in [2.45, 2.75) is 4.90 Å². The number of nitrogens with one attached hydrogen (secondary N) is 3. The predicted molar refractivity (Wildman–Crippen MR) is 154 cm³/mol. The third kappa shape index (κ3) is 8.04. The fourth-order valence-corrected chi connectivity index (χ4v) is 4.31. The molecule has 0 aliphatic heterocycles. The smallest absolute Gasteiger partial charge is 0.272 e. The Balaban J connectivity index is 1.41. The molecule has 0 unspecified atom stereocenters. The molecule has 0 saturated carbocycles. The van der Waals surface area contributed by atoms with Crippen molar-refractivity contribution in [3.63, 3.8) is 0 Å². The highest BCUT2D eigenvalue weighted by Gasteiger charge is 2.16. The first-order chi connectivity index (χ1) is 18.9. The molecule has 3 amide bonds. The lowest BCUT2D eigenvalue weighted by atomic mass is 10.1. The molecule has 6 nitrogen and oxygen atoms in total. The number of rotatable bonds is 9. The third-order valence-electron chi connectivity index (χ3n) is 5.36. The van der Waals surface area contributed by atoms with E-state index < -0.39 is 17.6 Å². The molecule has 39 heavy (non-hydrogen) atoms. The van der Waals surface area contributed by atoms with Crippen molar-refractivity contribution >= 4 is 58.5 Å². The number of hydrogen-bond donors (Lipinski definition) is 3. The van der Waals surface area contributed by atoms with Crippen molar-refractivity contribution < 1.29 is 18.8 Å². The quantitative estimate of drug-likeness (QED) is 0.159. The molecule has 196 valence electrons. The number of thioether (sulfide) groups is 1. The van der Waals surface area contributed by atoms with E-state index in [0.717, 1.165) is 4.90 Å². The van der Waals surface area contributed by atoms with E-state index in [4.69, 9.17) is 11.6 Å². The van der Waals surface area contributed by atoms with Crippen LogP contribution < -0.4 is 16.0 Å². The second kappa shape index (κ2) is 13.4. The summed E-state index contributed by atoms with van der Waals surface area (Å²) in [6.07, 6.45) is 1.51. The number of anilines is 2. The SMILES string of the molecule is O=C(CSc1ccc(NC(=O)/C(=C/c2ccccc2Cl)NC(=O)c2ccccc2)cc1)Nc1ccccc1F. The van der Waals surface area contributed by atoms with Crippen LogP contribution in [0.1, 0.15) is 15.9 Å². The highest BCUT2D eigenvalue weighted by molar-refractivity contribution is 8.00. The molecule has 4 aromatic rings. The average Bonchev–Trinajstić information content (AvgIpc) is 2.95. The molecule has 0 aliphatic rings. The maximum Gasteiger partial charge on any atom is 0.272 e. The minimum absolute atomic E-state index is 0.0141. The standard InChI is InChI=1S/C30H23ClFN3O3S/c31-24-11-5-4-10-21(24)18-27(35-29(37)20-8-2-1-3-9-20)30(38)33-22-14-16-23(17-15-22)39-19-28(36)34-26-13-7-6-12-25(26)32/h1-18H,19H2,(H,33,38)(H,34,36)(H,35,37)/b27-18-. The van der Waals surface area contributed by atoms with Crippen LogP contribution in [-0.2, 0) is 9.59 Å². The Bertz CT molecular complexity index is 1510. The van der Waals surface area contributed by atoms with Gasteiger partial charge in [-0.1, -0.05) is 60.1 Å². The van der Waals surface area contributed by atoms with E-state index in [2.05, 4.69) is 16.0 Å².